The molecule has 0 aliphatic rings. The van der Waals surface area contributed by atoms with Crippen molar-refractivity contribution in [3.05, 3.63) is 206 Å². The molecule has 0 radical (unpaired) electrons. The summed E-state index contributed by atoms with van der Waals surface area (Å²) in [6, 6.07) is 70.4. The SMILES string of the molecule is Cc1ccc(-n2c3ccccc3c3cc(N(c4ccccc4)c4cccc(-n5c6ccccc6c6ccc7c(ccn7-c7ccccc7)c65)c4)ccc32)cc1. The highest BCUT2D eigenvalue weighted by Crippen LogP contribution is 2.42. The molecular weight excluding hydrogens is 669 g/mol. The van der Waals surface area contributed by atoms with Gasteiger partial charge < -0.3 is 18.6 Å². The van der Waals surface area contributed by atoms with E-state index in [1.807, 2.05) is 0 Å². The van der Waals surface area contributed by atoms with Crippen LogP contribution >= 0.6 is 0 Å². The van der Waals surface area contributed by atoms with Crippen LogP contribution in [0.3, 0.4) is 0 Å². The van der Waals surface area contributed by atoms with Crippen LogP contribution in [-0.4, -0.2) is 13.7 Å². The summed E-state index contributed by atoms with van der Waals surface area (Å²) < 4.78 is 7.12. The van der Waals surface area contributed by atoms with E-state index in [2.05, 4.69) is 226 Å². The molecule has 0 spiro atoms. The number of hydrogen-bond acceptors (Lipinski definition) is 1. The van der Waals surface area contributed by atoms with Crippen molar-refractivity contribution in [1.82, 2.24) is 13.7 Å². The number of benzene rings is 8. The average Bonchev–Trinajstić information content (AvgIpc) is 3.93. The zero-order valence-electron chi connectivity index (χ0n) is 30.3. The van der Waals surface area contributed by atoms with Crippen LogP contribution in [0.2, 0.25) is 0 Å². The largest absolute Gasteiger partial charge is 0.316 e. The van der Waals surface area contributed by atoms with E-state index in [1.165, 1.54) is 60.1 Å². The lowest BCUT2D eigenvalue weighted by atomic mass is 10.1. The maximum absolute atomic E-state index is 2.45. The van der Waals surface area contributed by atoms with Crippen LogP contribution in [0.5, 0.6) is 0 Å². The third kappa shape index (κ3) is 4.92. The summed E-state index contributed by atoms with van der Waals surface area (Å²) in [6.07, 6.45) is 2.20. The van der Waals surface area contributed by atoms with E-state index in [-0.39, 0.29) is 0 Å². The van der Waals surface area contributed by atoms with Crippen LogP contribution in [0.1, 0.15) is 5.56 Å². The van der Waals surface area contributed by atoms with Gasteiger partial charge in [0.15, 0.2) is 0 Å². The van der Waals surface area contributed by atoms with Gasteiger partial charge in [-0.3, -0.25) is 0 Å². The van der Waals surface area contributed by atoms with Gasteiger partial charge in [0, 0.05) is 67.3 Å². The summed E-state index contributed by atoms with van der Waals surface area (Å²) >= 11 is 0. The first-order chi connectivity index (χ1) is 27.2. The Balaban J connectivity index is 1.13. The number of nitrogens with zero attached hydrogens (tertiary/aromatic N) is 4. The molecule has 0 aliphatic heterocycles. The van der Waals surface area contributed by atoms with E-state index in [9.17, 15) is 0 Å². The average molecular weight is 705 g/mol. The molecule has 0 bridgehead atoms. The first-order valence-corrected chi connectivity index (χ1v) is 18.9. The van der Waals surface area contributed by atoms with E-state index in [1.54, 1.807) is 0 Å². The number of fused-ring (bicyclic) bond motifs is 8. The topological polar surface area (TPSA) is 18.0 Å². The highest BCUT2D eigenvalue weighted by molar-refractivity contribution is 6.18. The highest BCUT2D eigenvalue weighted by Gasteiger charge is 2.20. The molecule has 55 heavy (non-hydrogen) atoms. The predicted octanol–water partition coefficient (Wildman–Crippen LogP) is 13.6. The zero-order chi connectivity index (χ0) is 36.5. The van der Waals surface area contributed by atoms with Gasteiger partial charge in [-0.25, -0.2) is 0 Å². The normalized spacial score (nSPS) is 11.7. The molecule has 0 saturated carbocycles. The van der Waals surface area contributed by atoms with Crippen molar-refractivity contribution in [2.24, 2.45) is 0 Å². The maximum atomic E-state index is 2.45. The molecule has 0 aliphatic carbocycles. The van der Waals surface area contributed by atoms with Gasteiger partial charge in [-0.2, -0.15) is 0 Å². The Hall–Kier alpha value is -7.30. The van der Waals surface area contributed by atoms with Crippen molar-refractivity contribution in [2.75, 3.05) is 4.90 Å². The molecule has 3 heterocycles. The first kappa shape index (κ1) is 31.2. The van der Waals surface area contributed by atoms with Crippen LogP contribution in [0.4, 0.5) is 17.1 Å². The fraction of sp³-hybridized carbons (Fsp3) is 0.0196. The number of aryl methyl sites for hydroxylation is 1. The van der Waals surface area contributed by atoms with Gasteiger partial charge in [0.25, 0.3) is 0 Å². The molecule has 0 unspecified atom stereocenters. The fourth-order valence-electron chi connectivity index (χ4n) is 8.63. The minimum absolute atomic E-state index is 1.09. The molecule has 0 atom stereocenters. The van der Waals surface area contributed by atoms with Crippen molar-refractivity contribution in [2.45, 2.75) is 6.92 Å². The summed E-state index contributed by atoms with van der Waals surface area (Å²) in [5, 5.41) is 6.16. The Morgan fingerprint density at radius 1 is 0.345 bits per heavy atom. The smallest absolute Gasteiger partial charge is 0.0635 e. The van der Waals surface area contributed by atoms with Crippen molar-refractivity contribution < 1.29 is 0 Å². The molecule has 11 aromatic rings. The lowest BCUT2D eigenvalue weighted by Gasteiger charge is -2.26. The zero-order valence-corrected chi connectivity index (χ0v) is 30.3. The molecular formula is C51H36N4. The van der Waals surface area contributed by atoms with E-state index in [0.717, 1.165) is 34.1 Å². The molecule has 260 valence electrons. The van der Waals surface area contributed by atoms with Crippen molar-refractivity contribution in [3.8, 4) is 17.1 Å². The standard InChI is InChI=1S/C51H36N4/c1-35-23-25-38(26-24-35)54-48-21-10-9-20-43(48)46-34-41(27-29-50(46)54)53(37-15-6-3-7-16-37)39-17-12-18-40(33-39)55-49-22-11-8-19-42(49)44-28-30-47-45(51(44)55)31-32-52(47)36-13-4-2-5-14-36/h2-34H,1H3. The van der Waals surface area contributed by atoms with Gasteiger partial charge in [0.1, 0.15) is 0 Å². The molecule has 4 heteroatoms. The Morgan fingerprint density at radius 3 is 1.73 bits per heavy atom. The second kappa shape index (κ2) is 12.4. The van der Waals surface area contributed by atoms with Gasteiger partial charge in [0.2, 0.25) is 0 Å². The third-order valence-electron chi connectivity index (χ3n) is 11.1. The first-order valence-electron chi connectivity index (χ1n) is 18.9. The molecule has 0 saturated heterocycles. The molecule has 3 aromatic heterocycles. The molecule has 11 rings (SSSR count). The lowest BCUT2D eigenvalue weighted by molar-refractivity contribution is 1.13. The van der Waals surface area contributed by atoms with Gasteiger partial charge in [-0.15, -0.1) is 0 Å². The summed E-state index contributed by atoms with van der Waals surface area (Å²) in [4.78, 5) is 2.39. The number of hydrogen-bond donors (Lipinski definition) is 0. The number of rotatable bonds is 6. The Kier molecular flexibility index (Phi) is 7.04. The summed E-state index contributed by atoms with van der Waals surface area (Å²) in [7, 11) is 0. The van der Waals surface area contributed by atoms with E-state index < -0.39 is 0 Å². The van der Waals surface area contributed by atoms with E-state index >= 15 is 0 Å². The summed E-state index contributed by atoms with van der Waals surface area (Å²) in [5.41, 5.74) is 13.9. The predicted molar refractivity (Wildman–Crippen MR) is 231 cm³/mol. The highest BCUT2D eigenvalue weighted by atomic mass is 15.1. The lowest BCUT2D eigenvalue weighted by Crippen LogP contribution is -2.10. The summed E-state index contributed by atoms with van der Waals surface area (Å²) in [6.45, 7) is 2.14. The van der Waals surface area contributed by atoms with Gasteiger partial charge in [0.05, 0.1) is 27.6 Å². The van der Waals surface area contributed by atoms with Gasteiger partial charge in [-0.1, -0.05) is 103 Å². The van der Waals surface area contributed by atoms with Gasteiger partial charge >= 0.3 is 0 Å². The Bertz CT molecular complexity index is 3200. The third-order valence-corrected chi connectivity index (χ3v) is 11.1. The minimum Gasteiger partial charge on any atom is -0.316 e. The van der Waals surface area contributed by atoms with E-state index in [0.29, 0.717) is 0 Å². The summed E-state index contributed by atoms with van der Waals surface area (Å²) in [5.74, 6) is 0. The minimum atomic E-state index is 1.09. The van der Waals surface area contributed by atoms with Gasteiger partial charge in [-0.05, 0) is 104 Å². The van der Waals surface area contributed by atoms with Crippen LogP contribution in [0, 0.1) is 6.92 Å². The molecule has 4 nitrogen and oxygen atoms in total. The number of anilines is 3. The maximum Gasteiger partial charge on any atom is 0.0635 e. The molecule has 0 fully saturated rings. The Morgan fingerprint density at radius 2 is 0.945 bits per heavy atom. The molecule has 0 amide bonds. The van der Waals surface area contributed by atoms with E-state index in [4.69, 9.17) is 0 Å². The second-order valence-corrected chi connectivity index (χ2v) is 14.3. The molecule has 0 N–H and O–H groups in total. The quantitative estimate of drug-likeness (QED) is 0.168. The monoisotopic (exact) mass is 704 g/mol. The van der Waals surface area contributed by atoms with Crippen LogP contribution in [0.15, 0.2) is 200 Å². The number of aromatic nitrogens is 3. The molecule has 8 aromatic carbocycles. The number of para-hydroxylation sites is 4. The second-order valence-electron chi connectivity index (χ2n) is 14.3. The van der Waals surface area contributed by atoms with Crippen molar-refractivity contribution in [3.63, 3.8) is 0 Å². The van der Waals surface area contributed by atoms with Crippen molar-refractivity contribution in [1.29, 1.82) is 0 Å². The van der Waals surface area contributed by atoms with Crippen molar-refractivity contribution >= 4 is 71.6 Å². The Labute approximate surface area is 319 Å². The van der Waals surface area contributed by atoms with Crippen LogP contribution in [0.25, 0.3) is 71.6 Å². The van der Waals surface area contributed by atoms with Crippen LogP contribution in [-0.2, 0) is 0 Å². The fourth-order valence-corrected chi connectivity index (χ4v) is 8.63. The van der Waals surface area contributed by atoms with Crippen LogP contribution < -0.4 is 4.90 Å².